The molecule has 0 saturated carbocycles. The highest BCUT2D eigenvalue weighted by molar-refractivity contribution is 5.75. The molecule has 1 rings (SSSR count). The summed E-state index contributed by atoms with van der Waals surface area (Å²) in [4.78, 5) is 26.3. The Bertz CT molecular complexity index is 305. The third kappa shape index (κ3) is 3.89. The average molecular weight is 256 g/mol. The number of likely N-dealkylation sites (tertiary alicyclic amines) is 1. The second kappa shape index (κ2) is 6.61. The standard InChI is InChI=1S/C13H24N2O3/c1-10(2)11-6-4-9-15(11)13(18)14(3)8-5-7-12(16)17/h10-11H,4-9H2,1-3H3,(H,16,17). The van der Waals surface area contributed by atoms with Gasteiger partial charge in [0.1, 0.15) is 0 Å². The van der Waals surface area contributed by atoms with Crippen molar-refractivity contribution in [3.63, 3.8) is 0 Å². The van der Waals surface area contributed by atoms with Crippen molar-refractivity contribution in [3.8, 4) is 0 Å². The third-order valence-corrected chi connectivity index (χ3v) is 3.53. The van der Waals surface area contributed by atoms with E-state index in [2.05, 4.69) is 13.8 Å². The molecular weight excluding hydrogens is 232 g/mol. The van der Waals surface area contributed by atoms with Crippen molar-refractivity contribution >= 4 is 12.0 Å². The smallest absolute Gasteiger partial charge is 0.319 e. The Balaban J connectivity index is 2.45. The summed E-state index contributed by atoms with van der Waals surface area (Å²) < 4.78 is 0. The molecule has 104 valence electrons. The summed E-state index contributed by atoms with van der Waals surface area (Å²) in [5.74, 6) is -0.332. The number of nitrogens with zero attached hydrogens (tertiary/aromatic N) is 2. The van der Waals surface area contributed by atoms with Gasteiger partial charge < -0.3 is 14.9 Å². The van der Waals surface area contributed by atoms with E-state index in [0.29, 0.717) is 24.9 Å². The molecule has 0 aromatic rings. The van der Waals surface area contributed by atoms with E-state index >= 15 is 0 Å². The molecular formula is C13H24N2O3. The Hall–Kier alpha value is -1.26. The molecule has 5 nitrogen and oxygen atoms in total. The molecule has 0 bridgehead atoms. The lowest BCUT2D eigenvalue weighted by molar-refractivity contribution is -0.137. The van der Waals surface area contributed by atoms with Crippen LogP contribution < -0.4 is 0 Å². The summed E-state index contributed by atoms with van der Waals surface area (Å²) in [7, 11) is 1.75. The topological polar surface area (TPSA) is 60.9 Å². The number of urea groups is 1. The molecule has 1 fully saturated rings. The van der Waals surface area contributed by atoms with E-state index in [9.17, 15) is 9.59 Å². The predicted octanol–water partition coefficient (Wildman–Crippen LogP) is 2.02. The van der Waals surface area contributed by atoms with Crippen molar-refractivity contribution in [1.29, 1.82) is 0 Å². The molecule has 1 N–H and O–H groups in total. The summed E-state index contributed by atoms with van der Waals surface area (Å²) in [6.45, 7) is 5.61. The SMILES string of the molecule is CC(C)C1CCCN1C(=O)N(C)CCCC(=O)O. The Morgan fingerprint density at radius 2 is 2.11 bits per heavy atom. The minimum absolute atomic E-state index is 0.0385. The molecule has 0 spiro atoms. The van der Waals surface area contributed by atoms with Gasteiger partial charge in [-0.2, -0.15) is 0 Å². The van der Waals surface area contributed by atoms with E-state index in [4.69, 9.17) is 5.11 Å². The Labute approximate surface area is 109 Å². The van der Waals surface area contributed by atoms with Gasteiger partial charge in [-0.05, 0) is 25.2 Å². The predicted molar refractivity (Wildman–Crippen MR) is 69.5 cm³/mol. The molecule has 0 radical (unpaired) electrons. The van der Waals surface area contributed by atoms with Crippen molar-refractivity contribution in [1.82, 2.24) is 9.80 Å². The number of hydrogen-bond acceptors (Lipinski definition) is 2. The zero-order chi connectivity index (χ0) is 13.7. The molecule has 1 unspecified atom stereocenters. The zero-order valence-corrected chi connectivity index (χ0v) is 11.6. The first-order chi connectivity index (χ1) is 8.43. The van der Waals surface area contributed by atoms with Gasteiger partial charge in [-0.3, -0.25) is 4.79 Å². The highest BCUT2D eigenvalue weighted by atomic mass is 16.4. The first-order valence-electron chi connectivity index (χ1n) is 6.67. The highest BCUT2D eigenvalue weighted by Crippen LogP contribution is 2.24. The molecule has 1 saturated heterocycles. The van der Waals surface area contributed by atoms with Gasteiger partial charge in [-0.25, -0.2) is 4.79 Å². The minimum atomic E-state index is -0.808. The van der Waals surface area contributed by atoms with Crippen LogP contribution in [0.3, 0.4) is 0 Å². The number of hydrogen-bond donors (Lipinski definition) is 1. The minimum Gasteiger partial charge on any atom is -0.481 e. The van der Waals surface area contributed by atoms with Gasteiger partial charge >= 0.3 is 12.0 Å². The fraction of sp³-hybridized carbons (Fsp3) is 0.846. The van der Waals surface area contributed by atoms with Crippen molar-refractivity contribution in [2.24, 2.45) is 5.92 Å². The Kier molecular flexibility index (Phi) is 5.44. The monoisotopic (exact) mass is 256 g/mol. The van der Waals surface area contributed by atoms with Gasteiger partial charge in [0.15, 0.2) is 0 Å². The molecule has 0 aromatic heterocycles. The first-order valence-corrected chi connectivity index (χ1v) is 6.67. The van der Waals surface area contributed by atoms with Crippen molar-refractivity contribution < 1.29 is 14.7 Å². The maximum Gasteiger partial charge on any atom is 0.319 e. The quantitative estimate of drug-likeness (QED) is 0.818. The van der Waals surface area contributed by atoms with Crippen molar-refractivity contribution in [2.75, 3.05) is 20.1 Å². The van der Waals surface area contributed by atoms with Crippen LogP contribution in [0.5, 0.6) is 0 Å². The highest BCUT2D eigenvalue weighted by Gasteiger charge is 2.32. The van der Waals surface area contributed by atoms with Crippen LogP contribution in [0.4, 0.5) is 4.79 Å². The maximum absolute atomic E-state index is 12.2. The number of amides is 2. The average Bonchev–Trinajstić information content (AvgIpc) is 2.76. The van der Waals surface area contributed by atoms with E-state index in [1.807, 2.05) is 4.90 Å². The third-order valence-electron chi connectivity index (χ3n) is 3.53. The van der Waals surface area contributed by atoms with Gasteiger partial charge in [0, 0.05) is 32.6 Å². The molecule has 2 amide bonds. The lowest BCUT2D eigenvalue weighted by atomic mass is 10.0. The molecule has 0 aliphatic carbocycles. The van der Waals surface area contributed by atoms with E-state index < -0.39 is 5.97 Å². The molecule has 1 heterocycles. The van der Waals surface area contributed by atoms with Crippen LogP contribution in [0, 0.1) is 5.92 Å². The molecule has 1 aliphatic rings. The Morgan fingerprint density at radius 3 is 2.67 bits per heavy atom. The molecule has 0 aromatic carbocycles. The molecule has 5 heteroatoms. The summed E-state index contributed by atoms with van der Waals surface area (Å²) in [6.07, 6.45) is 2.77. The van der Waals surface area contributed by atoms with Crippen LogP contribution >= 0.6 is 0 Å². The summed E-state index contributed by atoms with van der Waals surface area (Å²) in [6, 6.07) is 0.371. The Morgan fingerprint density at radius 1 is 1.44 bits per heavy atom. The first kappa shape index (κ1) is 14.8. The van der Waals surface area contributed by atoms with Crippen LogP contribution in [-0.4, -0.2) is 53.1 Å². The van der Waals surface area contributed by atoms with Gasteiger partial charge in [-0.1, -0.05) is 13.8 Å². The maximum atomic E-state index is 12.2. The second-order valence-electron chi connectivity index (χ2n) is 5.35. The van der Waals surface area contributed by atoms with E-state index in [1.165, 1.54) is 0 Å². The van der Waals surface area contributed by atoms with Gasteiger partial charge in [-0.15, -0.1) is 0 Å². The van der Waals surface area contributed by atoms with E-state index in [-0.39, 0.29) is 12.5 Å². The van der Waals surface area contributed by atoms with Crippen molar-refractivity contribution in [2.45, 2.75) is 45.6 Å². The fourth-order valence-corrected chi connectivity index (χ4v) is 2.51. The van der Waals surface area contributed by atoms with E-state index in [0.717, 1.165) is 19.4 Å². The van der Waals surface area contributed by atoms with Crippen molar-refractivity contribution in [3.05, 3.63) is 0 Å². The number of carbonyl (C=O) groups is 2. The fourth-order valence-electron chi connectivity index (χ4n) is 2.51. The number of carbonyl (C=O) groups excluding carboxylic acids is 1. The van der Waals surface area contributed by atoms with Gasteiger partial charge in [0.2, 0.25) is 0 Å². The van der Waals surface area contributed by atoms with Gasteiger partial charge in [0.05, 0.1) is 0 Å². The normalized spacial score (nSPS) is 19.3. The number of carboxylic acids is 1. The molecule has 1 aliphatic heterocycles. The summed E-state index contributed by atoms with van der Waals surface area (Å²) in [5.41, 5.74) is 0. The second-order valence-corrected chi connectivity index (χ2v) is 5.35. The number of carboxylic acid groups (broad SMARTS) is 1. The molecule has 18 heavy (non-hydrogen) atoms. The summed E-state index contributed by atoms with van der Waals surface area (Å²) >= 11 is 0. The molecule has 1 atom stereocenters. The van der Waals surface area contributed by atoms with Crippen LogP contribution in [0.2, 0.25) is 0 Å². The van der Waals surface area contributed by atoms with Crippen LogP contribution in [0.25, 0.3) is 0 Å². The number of aliphatic carboxylic acids is 1. The van der Waals surface area contributed by atoms with Crippen LogP contribution in [0.1, 0.15) is 39.5 Å². The lowest BCUT2D eigenvalue weighted by Gasteiger charge is -2.31. The van der Waals surface area contributed by atoms with Crippen LogP contribution in [0.15, 0.2) is 0 Å². The summed E-state index contributed by atoms with van der Waals surface area (Å²) in [5, 5.41) is 8.58. The lowest BCUT2D eigenvalue weighted by Crippen LogP contribution is -2.45. The van der Waals surface area contributed by atoms with Gasteiger partial charge in [0.25, 0.3) is 0 Å². The zero-order valence-electron chi connectivity index (χ0n) is 11.6. The van der Waals surface area contributed by atoms with E-state index in [1.54, 1.807) is 11.9 Å². The number of rotatable bonds is 5. The largest absolute Gasteiger partial charge is 0.481 e. The van der Waals surface area contributed by atoms with Crippen LogP contribution in [-0.2, 0) is 4.79 Å².